The SMILES string of the molecule is Cn1nc(C(=O)NCc2ccc(F)cc2)c2c1CCC(N1CCOCC1)C2. The molecule has 1 fully saturated rings. The molecular weight excluding hydrogens is 347 g/mol. The monoisotopic (exact) mass is 372 g/mol. The van der Waals surface area contributed by atoms with Crippen LogP contribution in [0, 0.1) is 5.82 Å². The van der Waals surface area contributed by atoms with Crippen molar-refractivity contribution in [3.8, 4) is 0 Å². The van der Waals surface area contributed by atoms with Crippen molar-refractivity contribution < 1.29 is 13.9 Å². The molecule has 1 amide bonds. The normalized spacial score (nSPS) is 20.3. The van der Waals surface area contributed by atoms with Crippen LogP contribution in [0.25, 0.3) is 0 Å². The molecule has 0 spiro atoms. The molecule has 4 rings (SSSR count). The summed E-state index contributed by atoms with van der Waals surface area (Å²) < 4.78 is 20.3. The van der Waals surface area contributed by atoms with Crippen LogP contribution in [-0.4, -0.2) is 52.9 Å². The quantitative estimate of drug-likeness (QED) is 0.887. The minimum absolute atomic E-state index is 0.168. The highest BCUT2D eigenvalue weighted by atomic mass is 19.1. The molecule has 1 aliphatic carbocycles. The van der Waals surface area contributed by atoms with Crippen LogP contribution >= 0.6 is 0 Å². The first kappa shape index (κ1) is 18.1. The third-order valence-electron chi connectivity index (χ3n) is 5.57. The second-order valence-electron chi connectivity index (χ2n) is 7.25. The smallest absolute Gasteiger partial charge is 0.272 e. The van der Waals surface area contributed by atoms with Gasteiger partial charge in [0.25, 0.3) is 5.91 Å². The minimum atomic E-state index is -0.280. The maximum absolute atomic E-state index is 13.0. The van der Waals surface area contributed by atoms with Crippen molar-refractivity contribution in [2.24, 2.45) is 7.05 Å². The van der Waals surface area contributed by atoms with Crippen LogP contribution in [0.5, 0.6) is 0 Å². The lowest BCUT2D eigenvalue weighted by Gasteiger charge is -2.36. The molecular formula is C20H25FN4O2. The van der Waals surface area contributed by atoms with E-state index in [1.165, 1.54) is 12.1 Å². The van der Waals surface area contributed by atoms with Crippen LogP contribution in [-0.2, 0) is 31.2 Å². The summed E-state index contributed by atoms with van der Waals surface area (Å²) in [6.07, 6.45) is 2.87. The zero-order valence-corrected chi connectivity index (χ0v) is 15.6. The molecule has 2 aliphatic rings. The fourth-order valence-corrected chi connectivity index (χ4v) is 4.08. The predicted octanol–water partition coefficient (Wildman–Crippen LogP) is 1.68. The number of nitrogens with zero attached hydrogens (tertiary/aromatic N) is 3. The zero-order chi connectivity index (χ0) is 18.8. The van der Waals surface area contributed by atoms with Gasteiger partial charge in [0.2, 0.25) is 0 Å². The fraction of sp³-hybridized carbons (Fsp3) is 0.500. The molecule has 6 nitrogen and oxygen atoms in total. The molecule has 0 saturated carbocycles. The molecule has 2 heterocycles. The minimum Gasteiger partial charge on any atom is -0.379 e. The first-order chi connectivity index (χ1) is 13.1. The highest BCUT2D eigenvalue weighted by Crippen LogP contribution is 2.27. The van der Waals surface area contributed by atoms with Gasteiger partial charge < -0.3 is 10.1 Å². The van der Waals surface area contributed by atoms with E-state index in [1.807, 2.05) is 11.7 Å². The lowest BCUT2D eigenvalue weighted by molar-refractivity contribution is 0.0135. The van der Waals surface area contributed by atoms with Gasteiger partial charge in [-0.25, -0.2) is 4.39 Å². The van der Waals surface area contributed by atoms with Crippen molar-refractivity contribution in [1.82, 2.24) is 20.0 Å². The maximum atomic E-state index is 13.0. The maximum Gasteiger partial charge on any atom is 0.272 e. The summed E-state index contributed by atoms with van der Waals surface area (Å²) in [5.74, 6) is -0.447. The summed E-state index contributed by atoms with van der Waals surface area (Å²) in [7, 11) is 1.91. The zero-order valence-electron chi connectivity index (χ0n) is 15.6. The molecule has 0 radical (unpaired) electrons. The molecule has 1 aromatic carbocycles. The number of fused-ring (bicyclic) bond motifs is 1. The molecule has 1 aliphatic heterocycles. The number of carbonyl (C=O) groups is 1. The van der Waals surface area contributed by atoms with E-state index < -0.39 is 0 Å². The Morgan fingerprint density at radius 2 is 2.04 bits per heavy atom. The van der Waals surface area contributed by atoms with E-state index in [-0.39, 0.29) is 11.7 Å². The van der Waals surface area contributed by atoms with Gasteiger partial charge in [0, 0.05) is 44.0 Å². The third-order valence-corrected chi connectivity index (χ3v) is 5.57. The van der Waals surface area contributed by atoms with Crippen molar-refractivity contribution >= 4 is 5.91 Å². The largest absolute Gasteiger partial charge is 0.379 e. The Bertz CT molecular complexity index is 812. The summed E-state index contributed by atoms with van der Waals surface area (Å²) in [5.41, 5.74) is 3.61. The summed E-state index contributed by atoms with van der Waals surface area (Å²) in [5, 5.41) is 7.42. The number of hydrogen-bond donors (Lipinski definition) is 1. The Labute approximate surface area is 158 Å². The molecule has 1 atom stereocenters. The topological polar surface area (TPSA) is 59.4 Å². The number of morpholine rings is 1. The number of aryl methyl sites for hydroxylation is 1. The van der Waals surface area contributed by atoms with Crippen LogP contribution < -0.4 is 5.32 Å². The lowest BCUT2D eigenvalue weighted by Crippen LogP contribution is -2.46. The summed E-state index contributed by atoms with van der Waals surface area (Å²) in [4.78, 5) is 15.2. The van der Waals surface area contributed by atoms with Gasteiger partial charge in [-0.3, -0.25) is 14.4 Å². The van der Waals surface area contributed by atoms with Crippen LogP contribution in [0.3, 0.4) is 0 Å². The molecule has 2 aromatic rings. The molecule has 1 N–H and O–H groups in total. The molecule has 1 saturated heterocycles. The Hall–Kier alpha value is -2.25. The van der Waals surface area contributed by atoms with Crippen molar-refractivity contribution in [1.29, 1.82) is 0 Å². The number of benzene rings is 1. The van der Waals surface area contributed by atoms with Gasteiger partial charge >= 0.3 is 0 Å². The number of ether oxygens (including phenoxy) is 1. The van der Waals surface area contributed by atoms with Crippen LogP contribution in [0.4, 0.5) is 4.39 Å². The summed E-state index contributed by atoms with van der Waals surface area (Å²) >= 11 is 0. The van der Waals surface area contributed by atoms with Crippen molar-refractivity contribution in [2.45, 2.75) is 31.8 Å². The van der Waals surface area contributed by atoms with Crippen LogP contribution in [0.1, 0.15) is 33.7 Å². The van der Waals surface area contributed by atoms with Crippen molar-refractivity contribution in [3.63, 3.8) is 0 Å². The van der Waals surface area contributed by atoms with E-state index >= 15 is 0 Å². The van der Waals surface area contributed by atoms with Gasteiger partial charge in [-0.1, -0.05) is 12.1 Å². The van der Waals surface area contributed by atoms with Crippen molar-refractivity contribution in [2.75, 3.05) is 26.3 Å². The average molecular weight is 372 g/mol. The van der Waals surface area contributed by atoms with E-state index in [1.54, 1.807) is 12.1 Å². The standard InChI is InChI=1S/C20H25FN4O2/c1-24-18-7-6-16(25-8-10-27-11-9-25)12-17(18)19(23-24)20(26)22-13-14-2-4-15(21)5-3-14/h2-5,16H,6-13H2,1H3,(H,22,26). The average Bonchev–Trinajstić information content (AvgIpc) is 3.04. The highest BCUT2D eigenvalue weighted by molar-refractivity contribution is 5.94. The summed E-state index contributed by atoms with van der Waals surface area (Å²) in [6, 6.07) is 6.60. The van der Waals surface area contributed by atoms with E-state index in [9.17, 15) is 9.18 Å². The Morgan fingerprint density at radius 1 is 1.30 bits per heavy atom. The van der Waals surface area contributed by atoms with Gasteiger partial charge in [0.05, 0.1) is 13.2 Å². The number of aromatic nitrogens is 2. The van der Waals surface area contributed by atoms with E-state index in [0.717, 1.165) is 62.4 Å². The number of rotatable bonds is 4. The van der Waals surface area contributed by atoms with Gasteiger partial charge in [0.1, 0.15) is 5.82 Å². The number of halogens is 1. The molecule has 27 heavy (non-hydrogen) atoms. The molecule has 1 aromatic heterocycles. The number of hydrogen-bond acceptors (Lipinski definition) is 4. The highest BCUT2D eigenvalue weighted by Gasteiger charge is 2.31. The van der Waals surface area contributed by atoms with Crippen molar-refractivity contribution in [3.05, 3.63) is 52.6 Å². The van der Waals surface area contributed by atoms with E-state index in [0.29, 0.717) is 18.3 Å². The second-order valence-corrected chi connectivity index (χ2v) is 7.25. The fourth-order valence-electron chi connectivity index (χ4n) is 4.08. The summed E-state index contributed by atoms with van der Waals surface area (Å²) in [6.45, 7) is 3.82. The van der Waals surface area contributed by atoms with E-state index in [4.69, 9.17) is 4.74 Å². The first-order valence-corrected chi connectivity index (χ1v) is 9.51. The van der Waals surface area contributed by atoms with Gasteiger partial charge in [-0.05, 0) is 37.0 Å². The molecule has 144 valence electrons. The first-order valence-electron chi connectivity index (χ1n) is 9.51. The Kier molecular flexibility index (Phi) is 5.22. The van der Waals surface area contributed by atoms with Gasteiger partial charge in [-0.2, -0.15) is 5.10 Å². The number of amides is 1. The number of nitrogens with one attached hydrogen (secondary N) is 1. The van der Waals surface area contributed by atoms with Gasteiger partial charge in [-0.15, -0.1) is 0 Å². The van der Waals surface area contributed by atoms with E-state index in [2.05, 4.69) is 15.3 Å². The van der Waals surface area contributed by atoms with Gasteiger partial charge in [0.15, 0.2) is 5.69 Å². The van der Waals surface area contributed by atoms with Crippen LogP contribution in [0.2, 0.25) is 0 Å². The lowest BCUT2D eigenvalue weighted by atomic mass is 9.90. The predicted molar refractivity (Wildman–Crippen MR) is 99.0 cm³/mol. The Morgan fingerprint density at radius 3 is 2.78 bits per heavy atom. The second kappa shape index (κ2) is 7.78. The molecule has 0 bridgehead atoms. The number of carbonyl (C=O) groups excluding carboxylic acids is 1. The van der Waals surface area contributed by atoms with Crippen LogP contribution in [0.15, 0.2) is 24.3 Å². The third kappa shape index (κ3) is 3.89. The Balaban J connectivity index is 1.47. The molecule has 1 unspecified atom stereocenters. The molecule has 7 heteroatoms.